The van der Waals surface area contributed by atoms with Crippen molar-refractivity contribution in [3.05, 3.63) is 48.6 Å². The Balaban J connectivity index is 2.24. The van der Waals surface area contributed by atoms with Gasteiger partial charge in [-0.3, -0.25) is 4.90 Å². The van der Waals surface area contributed by atoms with E-state index in [1.807, 2.05) is 0 Å². The topological polar surface area (TPSA) is 26.7 Å². The molecule has 0 saturated carbocycles. The van der Waals surface area contributed by atoms with Crippen molar-refractivity contribution in [2.75, 3.05) is 32.7 Å². The molecule has 3 nitrogen and oxygen atoms in total. The van der Waals surface area contributed by atoms with E-state index in [0.717, 1.165) is 32.1 Å². The quantitative estimate of drug-likeness (QED) is 0.0518. The lowest BCUT2D eigenvalue weighted by molar-refractivity contribution is 0.00619. The molecule has 1 fully saturated rings. The molecule has 0 aliphatic carbocycles. The van der Waals surface area contributed by atoms with E-state index in [0.29, 0.717) is 6.04 Å². The first-order chi connectivity index (χ1) is 25.0. The SMILES string of the molecule is CCCCC/C=C\C/C=C\CCCCCCCCC(O)(CCCCCCCC/C=C\C/C=C\CCCCC)CCCCN1CCN(C(C)C)CC1. The molecule has 3 heteroatoms. The Labute approximate surface area is 320 Å². The maximum Gasteiger partial charge on any atom is 0.0647 e. The van der Waals surface area contributed by atoms with Gasteiger partial charge in [-0.25, -0.2) is 0 Å². The molecule has 0 bridgehead atoms. The molecule has 0 aromatic rings. The highest BCUT2D eigenvalue weighted by atomic mass is 16.3. The van der Waals surface area contributed by atoms with E-state index in [9.17, 15) is 5.11 Å². The standard InChI is InChI=1S/C48H90N2O/c1-5-7-9-11-13-15-17-19-21-23-25-27-29-31-33-35-39-48(51,41-37-38-42-49-43-45-50(46-44-49)47(3)4)40-36-34-32-30-28-26-24-22-20-18-16-14-12-10-8-6-2/h13-16,19-22,47,51H,5-12,17-18,23-46H2,1-4H3/b15-13-,16-14-,21-19-,22-20-. The van der Waals surface area contributed by atoms with E-state index < -0.39 is 5.60 Å². The van der Waals surface area contributed by atoms with Crippen LogP contribution in [0.25, 0.3) is 0 Å². The van der Waals surface area contributed by atoms with Gasteiger partial charge in [0, 0.05) is 32.2 Å². The van der Waals surface area contributed by atoms with Crippen molar-refractivity contribution in [3.63, 3.8) is 0 Å². The Morgan fingerprint density at radius 2 is 0.804 bits per heavy atom. The van der Waals surface area contributed by atoms with E-state index in [2.05, 4.69) is 86.1 Å². The number of hydrogen-bond donors (Lipinski definition) is 1. The van der Waals surface area contributed by atoms with Crippen molar-refractivity contribution in [2.24, 2.45) is 0 Å². The van der Waals surface area contributed by atoms with Crippen LogP contribution in [0.4, 0.5) is 0 Å². The first kappa shape index (κ1) is 47.9. The van der Waals surface area contributed by atoms with E-state index >= 15 is 0 Å². The number of hydrogen-bond acceptors (Lipinski definition) is 3. The monoisotopic (exact) mass is 711 g/mol. The first-order valence-corrected chi connectivity index (χ1v) is 22.8. The van der Waals surface area contributed by atoms with Gasteiger partial charge < -0.3 is 10.0 Å². The molecule has 0 amide bonds. The fraction of sp³-hybridized carbons (Fsp3) is 0.833. The minimum Gasteiger partial charge on any atom is -0.390 e. The van der Waals surface area contributed by atoms with Crippen LogP contribution >= 0.6 is 0 Å². The number of rotatable bonds is 36. The molecular formula is C48H90N2O. The van der Waals surface area contributed by atoms with Gasteiger partial charge in [-0.15, -0.1) is 0 Å². The van der Waals surface area contributed by atoms with Crippen molar-refractivity contribution in [3.8, 4) is 0 Å². The van der Waals surface area contributed by atoms with Crippen LogP contribution in [-0.2, 0) is 0 Å². The first-order valence-electron chi connectivity index (χ1n) is 22.8. The molecule has 1 heterocycles. The highest BCUT2D eigenvalue weighted by molar-refractivity contribution is 4.93. The van der Waals surface area contributed by atoms with Crippen molar-refractivity contribution in [1.29, 1.82) is 0 Å². The summed E-state index contributed by atoms with van der Waals surface area (Å²) >= 11 is 0. The van der Waals surface area contributed by atoms with Gasteiger partial charge in [0.2, 0.25) is 0 Å². The fourth-order valence-corrected chi connectivity index (χ4v) is 7.55. The number of nitrogens with zero attached hydrogens (tertiary/aromatic N) is 2. The maximum absolute atomic E-state index is 11.8. The summed E-state index contributed by atoms with van der Waals surface area (Å²) < 4.78 is 0. The molecule has 298 valence electrons. The summed E-state index contributed by atoms with van der Waals surface area (Å²) in [6, 6.07) is 0.668. The second-order valence-corrected chi connectivity index (χ2v) is 16.3. The number of unbranched alkanes of at least 4 members (excludes halogenated alkanes) is 19. The highest BCUT2D eigenvalue weighted by Crippen LogP contribution is 2.29. The fourth-order valence-electron chi connectivity index (χ4n) is 7.55. The Morgan fingerprint density at radius 1 is 0.451 bits per heavy atom. The molecule has 0 unspecified atom stereocenters. The third kappa shape index (κ3) is 31.0. The van der Waals surface area contributed by atoms with Crippen LogP contribution in [0.15, 0.2) is 48.6 Å². The van der Waals surface area contributed by atoms with E-state index in [1.54, 1.807) is 0 Å². The largest absolute Gasteiger partial charge is 0.390 e. The zero-order chi connectivity index (χ0) is 36.9. The third-order valence-corrected chi connectivity index (χ3v) is 11.2. The summed E-state index contributed by atoms with van der Waals surface area (Å²) in [4.78, 5) is 5.26. The molecule has 1 saturated heterocycles. The Morgan fingerprint density at radius 3 is 1.20 bits per heavy atom. The van der Waals surface area contributed by atoms with Gasteiger partial charge >= 0.3 is 0 Å². The van der Waals surface area contributed by atoms with Gasteiger partial charge in [0.1, 0.15) is 0 Å². The molecule has 1 N–H and O–H groups in total. The number of aliphatic hydroxyl groups is 1. The van der Waals surface area contributed by atoms with Crippen LogP contribution in [0.1, 0.15) is 214 Å². The molecule has 0 atom stereocenters. The molecule has 0 aromatic carbocycles. The molecule has 0 spiro atoms. The molecule has 0 aromatic heterocycles. The molecule has 1 aliphatic rings. The smallest absolute Gasteiger partial charge is 0.0647 e. The summed E-state index contributed by atoms with van der Waals surface area (Å²) in [5.41, 5.74) is -0.444. The lowest BCUT2D eigenvalue weighted by atomic mass is 9.85. The van der Waals surface area contributed by atoms with Crippen LogP contribution in [0.5, 0.6) is 0 Å². The summed E-state index contributed by atoms with van der Waals surface area (Å²) in [6.07, 6.45) is 55.0. The van der Waals surface area contributed by atoms with Crippen molar-refractivity contribution < 1.29 is 5.11 Å². The lowest BCUT2D eigenvalue weighted by Gasteiger charge is -2.37. The summed E-state index contributed by atoms with van der Waals surface area (Å²) in [7, 11) is 0. The Bertz CT molecular complexity index is 786. The van der Waals surface area contributed by atoms with Crippen LogP contribution in [0.3, 0.4) is 0 Å². The predicted molar refractivity (Wildman–Crippen MR) is 230 cm³/mol. The zero-order valence-corrected chi connectivity index (χ0v) is 35.1. The average Bonchev–Trinajstić information content (AvgIpc) is 3.13. The van der Waals surface area contributed by atoms with Gasteiger partial charge in [-0.2, -0.15) is 0 Å². The Hall–Kier alpha value is -1.16. The minimum absolute atomic E-state index is 0.444. The summed E-state index contributed by atoms with van der Waals surface area (Å²) in [5, 5.41) is 11.8. The van der Waals surface area contributed by atoms with Crippen LogP contribution in [0.2, 0.25) is 0 Å². The molecule has 0 radical (unpaired) electrons. The molecule has 51 heavy (non-hydrogen) atoms. The lowest BCUT2D eigenvalue weighted by Crippen LogP contribution is -2.48. The van der Waals surface area contributed by atoms with E-state index in [-0.39, 0.29) is 0 Å². The van der Waals surface area contributed by atoms with Gasteiger partial charge in [0.05, 0.1) is 5.60 Å². The molecular weight excluding hydrogens is 621 g/mol. The van der Waals surface area contributed by atoms with Gasteiger partial charge in [-0.05, 0) is 117 Å². The van der Waals surface area contributed by atoms with Gasteiger partial charge in [0.15, 0.2) is 0 Å². The van der Waals surface area contributed by atoms with E-state index in [1.165, 1.54) is 187 Å². The van der Waals surface area contributed by atoms with Crippen molar-refractivity contribution in [1.82, 2.24) is 9.80 Å². The van der Waals surface area contributed by atoms with Crippen LogP contribution < -0.4 is 0 Å². The summed E-state index contributed by atoms with van der Waals surface area (Å²) in [6.45, 7) is 15.2. The predicted octanol–water partition coefficient (Wildman–Crippen LogP) is 14.3. The van der Waals surface area contributed by atoms with Crippen molar-refractivity contribution >= 4 is 0 Å². The van der Waals surface area contributed by atoms with Crippen LogP contribution in [-0.4, -0.2) is 59.3 Å². The van der Waals surface area contributed by atoms with Gasteiger partial charge in [-0.1, -0.05) is 152 Å². The zero-order valence-electron chi connectivity index (χ0n) is 35.1. The molecule has 1 rings (SSSR count). The minimum atomic E-state index is -0.444. The highest BCUT2D eigenvalue weighted by Gasteiger charge is 2.26. The number of allylic oxidation sites excluding steroid dienone is 8. The average molecular weight is 711 g/mol. The number of piperazine rings is 1. The molecule has 1 aliphatic heterocycles. The van der Waals surface area contributed by atoms with Crippen molar-refractivity contribution in [2.45, 2.75) is 226 Å². The van der Waals surface area contributed by atoms with E-state index in [4.69, 9.17) is 0 Å². The second kappa shape index (κ2) is 35.8. The van der Waals surface area contributed by atoms with Crippen LogP contribution in [0, 0.1) is 0 Å². The maximum atomic E-state index is 11.8. The normalized spacial score (nSPS) is 15.3. The van der Waals surface area contributed by atoms with Gasteiger partial charge in [0.25, 0.3) is 0 Å². The summed E-state index contributed by atoms with van der Waals surface area (Å²) in [5.74, 6) is 0. The Kier molecular flexibility index (Phi) is 33.6. The third-order valence-electron chi connectivity index (χ3n) is 11.2. The second-order valence-electron chi connectivity index (χ2n) is 16.3.